The Morgan fingerprint density at radius 1 is 1.15 bits per heavy atom. The number of piperidine rings is 1. The maximum Gasteiger partial charge on any atom is 0.0208 e. The van der Waals surface area contributed by atoms with Crippen LogP contribution in [-0.4, -0.2) is 30.6 Å². The molecule has 2 nitrogen and oxygen atoms in total. The summed E-state index contributed by atoms with van der Waals surface area (Å²) in [6.45, 7) is 7.13. The van der Waals surface area contributed by atoms with E-state index in [0.717, 1.165) is 12.5 Å². The second-order valence-corrected chi connectivity index (χ2v) is 6.52. The van der Waals surface area contributed by atoms with Crippen molar-refractivity contribution in [2.24, 2.45) is 0 Å². The lowest BCUT2D eigenvalue weighted by Gasteiger charge is -2.32. The average molecular weight is 272 g/mol. The van der Waals surface area contributed by atoms with Crippen LogP contribution in [0.1, 0.15) is 56.1 Å². The van der Waals surface area contributed by atoms with Gasteiger partial charge in [-0.05, 0) is 68.8 Å². The highest BCUT2D eigenvalue weighted by Crippen LogP contribution is 2.40. The third kappa shape index (κ3) is 3.83. The van der Waals surface area contributed by atoms with Gasteiger partial charge in [-0.2, -0.15) is 0 Å². The molecule has 0 bridgehead atoms. The summed E-state index contributed by atoms with van der Waals surface area (Å²) in [6, 6.07) is 9.92. The molecule has 1 aliphatic heterocycles. The number of hydrogen-bond acceptors (Lipinski definition) is 2. The molecule has 2 fully saturated rings. The zero-order chi connectivity index (χ0) is 13.8. The van der Waals surface area contributed by atoms with Gasteiger partial charge in [0, 0.05) is 12.6 Å². The topological polar surface area (TPSA) is 15.3 Å². The normalized spacial score (nSPS) is 21.2. The van der Waals surface area contributed by atoms with Gasteiger partial charge in [0.15, 0.2) is 0 Å². The lowest BCUT2D eigenvalue weighted by atomic mass is 10.0. The van der Waals surface area contributed by atoms with Crippen molar-refractivity contribution in [2.45, 2.75) is 57.5 Å². The van der Waals surface area contributed by atoms with Gasteiger partial charge < -0.3 is 10.2 Å². The van der Waals surface area contributed by atoms with Crippen molar-refractivity contribution in [1.82, 2.24) is 10.2 Å². The molecular formula is C18H28N2. The van der Waals surface area contributed by atoms with Crippen LogP contribution in [0.4, 0.5) is 0 Å². The Morgan fingerprint density at radius 3 is 2.65 bits per heavy atom. The molecule has 1 N–H and O–H groups in total. The van der Waals surface area contributed by atoms with Crippen molar-refractivity contribution in [3.05, 3.63) is 35.4 Å². The van der Waals surface area contributed by atoms with Gasteiger partial charge >= 0.3 is 0 Å². The van der Waals surface area contributed by atoms with Gasteiger partial charge in [-0.1, -0.05) is 31.2 Å². The first-order valence-electron chi connectivity index (χ1n) is 8.39. The lowest BCUT2D eigenvalue weighted by molar-refractivity contribution is 0.197. The largest absolute Gasteiger partial charge is 0.310 e. The van der Waals surface area contributed by atoms with Crippen molar-refractivity contribution in [3.63, 3.8) is 0 Å². The maximum absolute atomic E-state index is 3.76. The Kier molecular flexibility index (Phi) is 4.74. The molecule has 1 heterocycles. The van der Waals surface area contributed by atoms with Crippen LogP contribution in [0.3, 0.4) is 0 Å². The van der Waals surface area contributed by atoms with E-state index in [-0.39, 0.29) is 0 Å². The van der Waals surface area contributed by atoms with Gasteiger partial charge in [-0.3, -0.25) is 0 Å². The van der Waals surface area contributed by atoms with E-state index in [1.807, 2.05) is 0 Å². The Labute approximate surface area is 123 Å². The van der Waals surface area contributed by atoms with Crippen LogP contribution in [0, 0.1) is 0 Å². The predicted molar refractivity (Wildman–Crippen MR) is 85.0 cm³/mol. The molecular weight excluding hydrogens is 244 g/mol. The van der Waals surface area contributed by atoms with Crippen molar-refractivity contribution >= 4 is 0 Å². The summed E-state index contributed by atoms with van der Waals surface area (Å²) < 4.78 is 0. The quantitative estimate of drug-likeness (QED) is 0.852. The minimum atomic E-state index is 0.715. The zero-order valence-electron chi connectivity index (χ0n) is 12.8. The summed E-state index contributed by atoms with van der Waals surface area (Å²) in [7, 11) is 0. The van der Waals surface area contributed by atoms with Crippen molar-refractivity contribution in [2.75, 3.05) is 19.6 Å². The molecule has 0 unspecified atom stereocenters. The molecule has 3 rings (SSSR count). The Bertz CT molecular complexity index is 417. The number of nitrogens with zero attached hydrogens (tertiary/aromatic N) is 1. The van der Waals surface area contributed by atoms with E-state index < -0.39 is 0 Å². The molecule has 1 saturated heterocycles. The molecule has 1 aromatic carbocycles. The van der Waals surface area contributed by atoms with Crippen LogP contribution in [-0.2, 0) is 6.54 Å². The summed E-state index contributed by atoms with van der Waals surface area (Å²) in [6.07, 6.45) is 6.69. The van der Waals surface area contributed by atoms with Gasteiger partial charge in [0.1, 0.15) is 0 Å². The average Bonchev–Trinajstić information content (AvgIpc) is 3.32. The van der Waals surface area contributed by atoms with Crippen LogP contribution in [0.5, 0.6) is 0 Å². The number of nitrogens with one attached hydrogen (secondary N) is 1. The van der Waals surface area contributed by atoms with Gasteiger partial charge in [-0.15, -0.1) is 0 Å². The smallest absolute Gasteiger partial charge is 0.0208 e. The number of benzene rings is 1. The predicted octanol–water partition coefficient (Wildman–Crippen LogP) is 3.53. The number of likely N-dealkylation sites (tertiary alicyclic amines) is 1. The molecule has 0 aromatic heterocycles. The van der Waals surface area contributed by atoms with E-state index in [2.05, 4.69) is 41.4 Å². The SMILES string of the molecule is CCCN1CCC(NCc2cccc(C3CC3)c2)CC1. The van der Waals surface area contributed by atoms with E-state index in [1.165, 1.54) is 57.3 Å². The minimum Gasteiger partial charge on any atom is -0.310 e. The Balaban J connectivity index is 1.44. The molecule has 1 aromatic rings. The molecule has 1 aliphatic carbocycles. The summed E-state index contributed by atoms with van der Waals surface area (Å²) in [5.74, 6) is 0.868. The molecule has 0 amide bonds. The molecule has 2 heteroatoms. The van der Waals surface area contributed by atoms with E-state index in [1.54, 1.807) is 5.56 Å². The van der Waals surface area contributed by atoms with Crippen molar-refractivity contribution in [3.8, 4) is 0 Å². The molecule has 110 valence electrons. The monoisotopic (exact) mass is 272 g/mol. The van der Waals surface area contributed by atoms with E-state index in [9.17, 15) is 0 Å². The lowest BCUT2D eigenvalue weighted by Crippen LogP contribution is -2.42. The first-order valence-corrected chi connectivity index (χ1v) is 8.39. The summed E-state index contributed by atoms with van der Waals surface area (Å²) in [5, 5.41) is 3.76. The summed E-state index contributed by atoms with van der Waals surface area (Å²) >= 11 is 0. The van der Waals surface area contributed by atoms with E-state index in [0.29, 0.717) is 6.04 Å². The van der Waals surface area contributed by atoms with E-state index in [4.69, 9.17) is 0 Å². The Hall–Kier alpha value is -0.860. The third-order valence-corrected chi connectivity index (χ3v) is 4.72. The van der Waals surface area contributed by atoms with Crippen LogP contribution < -0.4 is 5.32 Å². The zero-order valence-corrected chi connectivity index (χ0v) is 12.8. The second-order valence-electron chi connectivity index (χ2n) is 6.52. The highest BCUT2D eigenvalue weighted by Gasteiger charge is 2.23. The highest BCUT2D eigenvalue weighted by molar-refractivity contribution is 5.29. The van der Waals surface area contributed by atoms with Gasteiger partial charge in [0.05, 0.1) is 0 Å². The van der Waals surface area contributed by atoms with Crippen LogP contribution in [0.2, 0.25) is 0 Å². The molecule has 0 radical (unpaired) electrons. The fraction of sp³-hybridized carbons (Fsp3) is 0.667. The van der Waals surface area contributed by atoms with E-state index >= 15 is 0 Å². The molecule has 2 aliphatic rings. The van der Waals surface area contributed by atoms with Gasteiger partial charge in [-0.25, -0.2) is 0 Å². The van der Waals surface area contributed by atoms with Crippen LogP contribution >= 0.6 is 0 Å². The first kappa shape index (κ1) is 14.1. The molecule has 1 saturated carbocycles. The summed E-state index contributed by atoms with van der Waals surface area (Å²) in [5.41, 5.74) is 3.02. The molecule has 0 spiro atoms. The fourth-order valence-corrected chi connectivity index (χ4v) is 3.31. The van der Waals surface area contributed by atoms with Gasteiger partial charge in [0.25, 0.3) is 0 Å². The number of hydrogen-bond donors (Lipinski definition) is 1. The highest BCUT2D eigenvalue weighted by atomic mass is 15.1. The first-order chi connectivity index (χ1) is 9.85. The molecule has 20 heavy (non-hydrogen) atoms. The van der Waals surface area contributed by atoms with Crippen LogP contribution in [0.25, 0.3) is 0 Å². The standard InChI is InChI=1S/C18H28N2/c1-2-10-20-11-8-18(9-12-20)19-14-15-4-3-5-17(13-15)16-6-7-16/h3-5,13,16,18-19H,2,6-12,14H2,1H3. The fourth-order valence-electron chi connectivity index (χ4n) is 3.31. The molecule has 0 atom stereocenters. The van der Waals surface area contributed by atoms with Gasteiger partial charge in [0.2, 0.25) is 0 Å². The Morgan fingerprint density at radius 2 is 1.95 bits per heavy atom. The van der Waals surface area contributed by atoms with Crippen molar-refractivity contribution in [1.29, 1.82) is 0 Å². The van der Waals surface area contributed by atoms with Crippen molar-refractivity contribution < 1.29 is 0 Å². The number of rotatable bonds is 6. The maximum atomic E-state index is 3.76. The summed E-state index contributed by atoms with van der Waals surface area (Å²) in [4.78, 5) is 2.60. The van der Waals surface area contributed by atoms with Crippen LogP contribution in [0.15, 0.2) is 24.3 Å². The second kappa shape index (κ2) is 6.73. The third-order valence-electron chi connectivity index (χ3n) is 4.72. The minimum absolute atomic E-state index is 0.715.